The predicted molar refractivity (Wildman–Crippen MR) is 84.1 cm³/mol. The van der Waals surface area contributed by atoms with E-state index in [1.807, 2.05) is 18.2 Å². The number of benzene rings is 1. The third kappa shape index (κ3) is 3.17. The van der Waals surface area contributed by atoms with Crippen molar-refractivity contribution >= 4 is 43.5 Å². The smallest absolute Gasteiger partial charge is 0.297 e. The number of halogens is 2. The molecule has 0 saturated carbocycles. The maximum atomic E-state index is 12.2. The van der Waals surface area contributed by atoms with Crippen molar-refractivity contribution < 1.29 is 9.32 Å². The minimum absolute atomic E-state index is 0.0290. The molecular formula is C13H12Br2N4O2. The highest BCUT2D eigenvalue weighted by atomic mass is 79.9. The lowest BCUT2D eigenvalue weighted by Crippen LogP contribution is -2.16. The number of carbonyl (C=O) groups excluding carboxylic acids is 1. The number of nitrogens with one attached hydrogen (secondary N) is 2. The number of aromatic nitrogens is 2. The van der Waals surface area contributed by atoms with Crippen molar-refractivity contribution in [3.05, 3.63) is 38.9 Å². The van der Waals surface area contributed by atoms with Gasteiger partial charge in [-0.2, -0.15) is 4.98 Å². The first-order valence-corrected chi connectivity index (χ1v) is 8.06. The van der Waals surface area contributed by atoms with Gasteiger partial charge >= 0.3 is 0 Å². The molecule has 1 aromatic carbocycles. The normalized spacial score (nSPS) is 17.9. The van der Waals surface area contributed by atoms with Gasteiger partial charge in [0, 0.05) is 8.95 Å². The number of hydrogen-bond acceptors (Lipinski definition) is 5. The monoisotopic (exact) mass is 414 g/mol. The molecule has 2 heterocycles. The molecule has 1 amide bonds. The Balaban J connectivity index is 1.76. The first-order chi connectivity index (χ1) is 10.1. The highest BCUT2D eigenvalue weighted by Crippen LogP contribution is 2.30. The van der Waals surface area contributed by atoms with Crippen LogP contribution in [0.2, 0.25) is 0 Å². The van der Waals surface area contributed by atoms with Gasteiger partial charge in [-0.1, -0.05) is 11.2 Å². The third-order valence-corrected chi connectivity index (χ3v) is 4.53. The molecule has 110 valence electrons. The third-order valence-electron chi connectivity index (χ3n) is 3.20. The number of para-hydroxylation sites is 1. The van der Waals surface area contributed by atoms with E-state index in [-0.39, 0.29) is 11.9 Å². The zero-order chi connectivity index (χ0) is 14.8. The summed E-state index contributed by atoms with van der Waals surface area (Å²) in [6.07, 6.45) is 2.01. The molecule has 1 saturated heterocycles. The van der Waals surface area contributed by atoms with Gasteiger partial charge in [-0.25, -0.2) is 0 Å². The van der Waals surface area contributed by atoms with E-state index in [0.29, 0.717) is 11.6 Å². The summed E-state index contributed by atoms with van der Waals surface area (Å²) in [7, 11) is 0. The van der Waals surface area contributed by atoms with E-state index in [1.54, 1.807) is 0 Å². The lowest BCUT2D eigenvalue weighted by molar-refractivity contribution is 0.101. The second-order valence-corrected chi connectivity index (χ2v) is 6.36. The van der Waals surface area contributed by atoms with E-state index >= 15 is 0 Å². The maximum Gasteiger partial charge on any atom is 0.297 e. The van der Waals surface area contributed by atoms with Crippen LogP contribution in [0.25, 0.3) is 0 Å². The van der Waals surface area contributed by atoms with Crippen LogP contribution in [0.4, 0.5) is 5.69 Å². The van der Waals surface area contributed by atoms with Gasteiger partial charge in [-0.15, -0.1) is 0 Å². The molecule has 1 aliphatic heterocycles. The fourth-order valence-corrected chi connectivity index (χ4v) is 3.35. The lowest BCUT2D eigenvalue weighted by atomic mass is 10.2. The van der Waals surface area contributed by atoms with Gasteiger partial charge in [0.05, 0.1) is 11.7 Å². The van der Waals surface area contributed by atoms with Crippen LogP contribution in [-0.2, 0) is 0 Å². The predicted octanol–water partition coefficient (Wildman–Crippen LogP) is 3.27. The molecule has 1 aliphatic rings. The van der Waals surface area contributed by atoms with Gasteiger partial charge < -0.3 is 15.2 Å². The summed E-state index contributed by atoms with van der Waals surface area (Å²) < 4.78 is 6.70. The van der Waals surface area contributed by atoms with Gasteiger partial charge in [-0.05, 0) is 63.4 Å². The zero-order valence-electron chi connectivity index (χ0n) is 10.9. The van der Waals surface area contributed by atoms with Crippen LogP contribution in [0.1, 0.15) is 35.4 Å². The summed E-state index contributed by atoms with van der Waals surface area (Å²) in [6, 6.07) is 5.59. The molecule has 21 heavy (non-hydrogen) atoms. The lowest BCUT2D eigenvalue weighted by Gasteiger charge is -2.07. The molecule has 0 aliphatic carbocycles. The number of nitrogens with zero attached hydrogens (tertiary/aromatic N) is 2. The van der Waals surface area contributed by atoms with Crippen molar-refractivity contribution in [3.63, 3.8) is 0 Å². The maximum absolute atomic E-state index is 12.2. The molecule has 1 aromatic heterocycles. The molecule has 0 bridgehead atoms. The van der Waals surface area contributed by atoms with Crippen LogP contribution in [0.15, 0.2) is 31.7 Å². The Labute approximate surface area is 137 Å². The topological polar surface area (TPSA) is 80.0 Å². The molecular weight excluding hydrogens is 404 g/mol. The summed E-state index contributed by atoms with van der Waals surface area (Å²) in [5, 5.41) is 9.76. The quantitative estimate of drug-likeness (QED) is 0.803. The molecule has 0 spiro atoms. The number of carbonyl (C=O) groups is 1. The fourth-order valence-electron chi connectivity index (χ4n) is 2.15. The zero-order valence-corrected chi connectivity index (χ0v) is 14.1. The summed E-state index contributed by atoms with van der Waals surface area (Å²) >= 11 is 6.78. The Morgan fingerprint density at radius 1 is 1.38 bits per heavy atom. The highest BCUT2D eigenvalue weighted by Gasteiger charge is 2.24. The van der Waals surface area contributed by atoms with Crippen LogP contribution < -0.4 is 10.6 Å². The Kier molecular flexibility index (Phi) is 4.37. The number of anilines is 1. The molecule has 2 aromatic rings. The minimum Gasteiger partial charge on any atom is -0.337 e. The molecule has 8 heteroatoms. The van der Waals surface area contributed by atoms with Gasteiger partial charge in [0.15, 0.2) is 0 Å². The van der Waals surface area contributed by atoms with Crippen molar-refractivity contribution in [3.8, 4) is 0 Å². The summed E-state index contributed by atoms with van der Waals surface area (Å²) in [6.45, 7) is 0.929. The second kappa shape index (κ2) is 6.25. The highest BCUT2D eigenvalue weighted by molar-refractivity contribution is 9.11. The van der Waals surface area contributed by atoms with E-state index in [2.05, 4.69) is 52.6 Å². The van der Waals surface area contributed by atoms with Crippen LogP contribution in [0, 0.1) is 0 Å². The molecule has 1 unspecified atom stereocenters. The molecule has 1 atom stereocenters. The van der Waals surface area contributed by atoms with Crippen molar-refractivity contribution in [2.75, 3.05) is 11.9 Å². The minimum atomic E-state index is -0.407. The Bertz CT molecular complexity index is 648. The van der Waals surface area contributed by atoms with Crippen molar-refractivity contribution in [2.45, 2.75) is 18.9 Å². The first-order valence-electron chi connectivity index (χ1n) is 6.47. The first kappa shape index (κ1) is 14.7. The van der Waals surface area contributed by atoms with Gasteiger partial charge in [0.1, 0.15) is 0 Å². The standard InChI is InChI=1S/C13H12Br2N4O2/c14-7-3-1-4-8(15)10(7)17-12(20)11-18-13(21-19-11)9-5-2-6-16-9/h1,3-4,9,16H,2,5-6H2,(H,17,20). The van der Waals surface area contributed by atoms with Crippen LogP contribution >= 0.6 is 31.9 Å². The van der Waals surface area contributed by atoms with E-state index in [4.69, 9.17) is 4.52 Å². The average Bonchev–Trinajstić information content (AvgIpc) is 3.12. The second-order valence-electron chi connectivity index (χ2n) is 4.66. The average molecular weight is 416 g/mol. The summed E-state index contributed by atoms with van der Waals surface area (Å²) in [4.78, 5) is 16.4. The van der Waals surface area contributed by atoms with E-state index in [9.17, 15) is 4.79 Å². The van der Waals surface area contributed by atoms with Crippen molar-refractivity contribution in [2.24, 2.45) is 0 Å². The summed E-state index contributed by atoms with van der Waals surface area (Å²) in [5.74, 6) is 0.0841. The van der Waals surface area contributed by atoms with Crippen molar-refractivity contribution in [1.29, 1.82) is 0 Å². The number of hydrogen-bond donors (Lipinski definition) is 2. The Hall–Kier alpha value is -1.25. The molecule has 1 fully saturated rings. The molecule has 3 rings (SSSR count). The SMILES string of the molecule is O=C(Nc1c(Br)cccc1Br)c1noc(C2CCCN2)n1. The van der Waals surface area contributed by atoms with Crippen LogP contribution in [0.3, 0.4) is 0 Å². The summed E-state index contributed by atoms with van der Waals surface area (Å²) in [5.41, 5.74) is 0.632. The largest absolute Gasteiger partial charge is 0.337 e. The van der Waals surface area contributed by atoms with E-state index < -0.39 is 5.91 Å². The molecule has 6 nitrogen and oxygen atoms in total. The van der Waals surface area contributed by atoms with Gasteiger partial charge in [0.25, 0.3) is 11.7 Å². The van der Waals surface area contributed by atoms with Gasteiger partial charge in [0.2, 0.25) is 5.89 Å². The van der Waals surface area contributed by atoms with E-state index in [1.165, 1.54) is 0 Å². The number of rotatable bonds is 3. The number of amides is 1. The Morgan fingerprint density at radius 2 is 2.14 bits per heavy atom. The van der Waals surface area contributed by atoms with Crippen LogP contribution in [-0.4, -0.2) is 22.6 Å². The molecule has 0 radical (unpaired) electrons. The fraction of sp³-hybridized carbons (Fsp3) is 0.308. The van der Waals surface area contributed by atoms with E-state index in [0.717, 1.165) is 28.3 Å². The Morgan fingerprint density at radius 3 is 2.81 bits per heavy atom. The van der Waals surface area contributed by atoms with Gasteiger partial charge in [-0.3, -0.25) is 4.79 Å². The molecule has 2 N–H and O–H groups in total. The van der Waals surface area contributed by atoms with Crippen LogP contribution in [0.5, 0.6) is 0 Å². The van der Waals surface area contributed by atoms with Crippen molar-refractivity contribution in [1.82, 2.24) is 15.5 Å².